The van der Waals surface area contributed by atoms with Crippen LogP contribution in [0.1, 0.15) is 26.2 Å². The van der Waals surface area contributed by atoms with Crippen molar-refractivity contribution in [3.8, 4) is 0 Å². The van der Waals surface area contributed by atoms with E-state index in [0.717, 1.165) is 25.8 Å². The molecule has 0 aromatic rings. The monoisotopic (exact) mass is 171 g/mol. The molecule has 12 heavy (non-hydrogen) atoms. The predicted octanol–water partition coefficient (Wildman–Crippen LogP) is 1.19. The summed E-state index contributed by atoms with van der Waals surface area (Å²) >= 11 is 0. The Bertz CT molecular complexity index is 170. The van der Waals surface area contributed by atoms with Crippen molar-refractivity contribution in [1.82, 2.24) is 4.90 Å². The second-order valence-corrected chi connectivity index (χ2v) is 3.82. The summed E-state index contributed by atoms with van der Waals surface area (Å²) in [6.07, 6.45) is 3.08. The number of hydrogen-bond acceptors (Lipinski definition) is 2. The summed E-state index contributed by atoms with van der Waals surface area (Å²) in [4.78, 5) is 12.8. The molecule has 1 aliphatic rings. The second-order valence-electron chi connectivity index (χ2n) is 3.82. The lowest BCUT2D eigenvalue weighted by molar-refractivity contribution is -0.143. The van der Waals surface area contributed by atoms with Gasteiger partial charge in [0, 0.05) is 0 Å². The first-order chi connectivity index (χ1) is 5.61. The first-order valence-corrected chi connectivity index (χ1v) is 4.54. The summed E-state index contributed by atoms with van der Waals surface area (Å²) in [5.41, 5.74) is 0. The lowest BCUT2D eigenvalue weighted by Crippen LogP contribution is -2.38. The van der Waals surface area contributed by atoms with Crippen LogP contribution < -0.4 is 0 Å². The van der Waals surface area contributed by atoms with Crippen LogP contribution in [-0.4, -0.2) is 35.6 Å². The lowest BCUT2D eigenvalue weighted by atomic mass is 9.99. The van der Waals surface area contributed by atoms with E-state index in [1.54, 1.807) is 0 Å². The van der Waals surface area contributed by atoms with Gasteiger partial charge in [-0.05, 0) is 38.8 Å². The van der Waals surface area contributed by atoms with Gasteiger partial charge in [0.25, 0.3) is 0 Å². The van der Waals surface area contributed by atoms with Gasteiger partial charge in [-0.3, -0.25) is 9.69 Å². The first kappa shape index (κ1) is 9.52. The molecule has 0 aromatic heterocycles. The molecule has 0 aromatic carbocycles. The Morgan fingerprint density at radius 3 is 2.83 bits per heavy atom. The van der Waals surface area contributed by atoms with Crippen molar-refractivity contribution in [2.24, 2.45) is 5.92 Å². The fourth-order valence-electron chi connectivity index (χ4n) is 1.81. The van der Waals surface area contributed by atoms with Crippen LogP contribution in [0.4, 0.5) is 0 Å². The molecule has 0 radical (unpaired) electrons. The summed E-state index contributed by atoms with van der Waals surface area (Å²) in [6, 6.07) is -0.262. The van der Waals surface area contributed by atoms with E-state index in [1.807, 2.05) is 11.9 Å². The topological polar surface area (TPSA) is 40.5 Å². The normalized spacial score (nSPS) is 32.8. The molecule has 1 saturated heterocycles. The smallest absolute Gasteiger partial charge is 0.320 e. The molecule has 0 bridgehead atoms. The fourth-order valence-corrected chi connectivity index (χ4v) is 1.81. The van der Waals surface area contributed by atoms with Crippen LogP contribution in [0, 0.1) is 5.92 Å². The number of carboxylic acid groups (broad SMARTS) is 1. The summed E-state index contributed by atoms with van der Waals surface area (Å²) in [7, 11) is 1.90. The second kappa shape index (κ2) is 3.90. The highest BCUT2D eigenvalue weighted by molar-refractivity contribution is 5.73. The van der Waals surface area contributed by atoms with E-state index in [0.29, 0.717) is 5.92 Å². The molecular weight excluding hydrogens is 154 g/mol. The van der Waals surface area contributed by atoms with E-state index in [-0.39, 0.29) is 6.04 Å². The van der Waals surface area contributed by atoms with Crippen LogP contribution in [0.25, 0.3) is 0 Å². The maximum absolute atomic E-state index is 10.8. The summed E-state index contributed by atoms with van der Waals surface area (Å²) in [6.45, 7) is 3.05. The van der Waals surface area contributed by atoms with Gasteiger partial charge in [-0.2, -0.15) is 0 Å². The Morgan fingerprint density at radius 1 is 1.58 bits per heavy atom. The minimum Gasteiger partial charge on any atom is -0.480 e. The molecule has 3 heteroatoms. The molecule has 2 atom stereocenters. The highest BCUT2D eigenvalue weighted by Crippen LogP contribution is 2.20. The Kier molecular flexibility index (Phi) is 3.09. The van der Waals surface area contributed by atoms with Gasteiger partial charge >= 0.3 is 5.97 Å². The van der Waals surface area contributed by atoms with Crippen molar-refractivity contribution in [3.05, 3.63) is 0 Å². The summed E-state index contributed by atoms with van der Waals surface area (Å²) < 4.78 is 0. The molecule has 1 aliphatic heterocycles. The molecule has 0 saturated carbocycles. The number of hydrogen-bond donors (Lipinski definition) is 1. The Balaban J connectivity index is 2.60. The highest BCUT2D eigenvalue weighted by atomic mass is 16.4. The van der Waals surface area contributed by atoms with Crippen molar-refractivity contribution in [2.75, 3.05) is 13.6 Å². The quantitative estimate of drug-likeness (QED) is 0.644. The Labute approximate surface area is 73.4 Å². The van der Waals surface area contributed by atoms with Crippen LogP contribution in [0.15, 0.2) is 0 Å². The Morgan fingerprint density at radius 2 is 2.25 bits per heavy atom. The number of aliphatic carboxylic acids is 1. The molecule has 1 rings (SSSR count). The van der Waals surface area contributed by atoms with Crippen LogP contribution >= 0.6 is 0 Å². The molecule has 2 unspecified atom stereocenters. The number of rotatable bonds is 1. The molecule has 0 aliphatic carbocycles. The number of likely N-dealkylation sites (N-methyl/N-ethyl adjacent to an activating group) is 1. The van der Waals surface area contributed by atoms with Gasteiger partial charge in [0.15, 0.2) is 0 Å². The highest BCUT2D eigenvalue weighted by Gasteiger charge is 2.26. The number of carboxylic acids is 1. The SMILES string of the molecule is CC1CCCN(C)C(C(=O)O)C1. The third kappa shape index (κ3) is 2.21. The minimum absolute atomic E-state index is 0.262. The van der Waals surface area contributed by atoms with Crippen molar-refractivity contribution < 1.29 is 9.90 Å². The van der Waals surface area contributed by atoms with E-state index < -0.39 is 5.97 Å². The maximum Gasteiger partial charge on any atom is 0.320 e. The number of nitrogens with zero attached hydrogens (tertiary/aromatic N) is 1. The molecule has 70 valence electrons. The standard InChI is InChI=1S/C9H17NO2/c1-7-4-3-5-10(2)8(6-7)9(11)12/h7-8H,3-6H2,1-2H3,(H,11,12). The summed E-state index contributed by atoms with van der Waals surface area (Å²) in [5.74, 6) is -0.123. The molecule has 0 amide bonds. The predicted molar refractivity (Wildman–Crippen MR) is 47.1 cm³/mol. The largest absolute Gasteiger partial charge is 0.480 e. The van der Waals surface area contributed by atoms with Crippen molar-refractivity contribution >= 4 is 5.97 Å². The molecular formula is C9H17NO2. The van der Waals surface area contributed by atoms with Crippen LogP contribution in [0.5, 0.6) is 0 Å². The van der Waals surface area contributed by atoms with Crippen molar-refractivity contribution in [2.45, 2.75) is 32.2 Å². The third-order valence-corrected chi connectivity index (χ3v) is 2.65. The lowest BCUT2D eigenvalue weighted by Gasteiger charge is -2.22. The van der Waals surface area contributed by atoms with Gasteiger partial charge < -0.3 is 5.11 Å². The fraction of sp³-hybridized carbons (Fsp3) is 0.889. The van der Waals surface area contributed by atoms with Gasteiger partial charge in [-0.1, -0.05) is 6.92 Å². The van der Waals surface area contributed by atoms with E-state index in [9.17, 15) is 4.79 Å². The zero-order valence-corrected chi connectivity index (χ0v) is 7.79. The van der Waals surface area contributed by atoms with Crippen LogP contribution in [0.3, 0.4) is 0 Å². The zero-order chi connectivity index (χ0) is 9.14. The van der Waals surface area contributed by atoms with Crippen LogP contribution in [-0.2, 0) is 4.79 Å². The van der Waals surface area contributed by atoms with Crippen molar-refractivity contribution in [3.63, 3.8) is 0 Å². The van der Waals surface area contributed by atoms with Gasteiger partial charge in [0.05, 0.1) is 0 Å². The number of carbonyl (C=O) groups is 1. The molecule has 0 spiro atoms. The van der Waals surface area contributed by atoms with Crippen molar-refractivity contribution in [1.29, 1.82) is 0 Å². The Hall–Kier alpha value is -0.570. The average molecular weight is 171 g/mol. The molecule has 1 N–H and O–H groups in total. The molecule has 3 nitrogen and oxygen atoms in total. The average Bonchev–Trinajstić information content (AvgIpc) is 2.13. The van der Waals surface area contributed by atoms with Crippen LogP contribution in [0.2, 0.25) is 0 Å². The van der Waals surface area contributed by atoms with Gasteiger partial charge in [-0.25, -0.2) is 0 Å². The minimum atomic E-state index is -0.675. The first-order valence-electron chi connectivity index (χ1n) is 4.54. The van der Waals surface area contributed by atoms with E-state index in [2.05, 4.69) is 6.92 Å². The van der Waals surface area contributed by atoms with Gasteiger partial charge in [-0.15, -0.1) is 0 Å². The zero-order valence-electron chi connectivity index (χ0n) is 7.79. The molecule has 1 fully saturated rings. The maximum atomic E-state index is 10.8. The van der Waals surface area contributed by atoms with Gasteiger partial charge in [0.1, 0.15) is 6.04 Å². The van der Waals surface area contributed by atoms with E-state index in [4.69, 9.17) is 5.11 Å². The molecule has 1 heterocycles. The summed E-state index contributed by atoms with van der Waals surface area (Å²) in [5, 5.41) is 8.91. The number of likely N-dealkylation sites (tertiary alicyclic amines) is 1. The third-order valence-electron chi connectivity index (χ3n) is 2.65. The van der Waals surface area contributed by atoms with E-state index in [1.165, 1.54) is 0 Å². The van der Waals surface area contributed by atoms with Gasteiger partial charge in [0.2, 0.25) is 0 Å². The van der Waals surface area contributed by atoms with E-state index >= 15 is 0 Å².